The van der Waals surface area contributed by atoms with Crippen LogP contribution in [0.4, 0.5) is 0 Å². The van der Waals surface area contributed by atoms with Gasteiger partial charge in [-0.05, 0) is 35.9 Å². The Morgan fingerprint density at radius 2 is 1.78 bits per heavy atom. The molecule has 0 bridgehead atoms. The van der Waals surface area contributed by atoms with Gasteiger partial charge in [0, 0.05) is 0 Å². The van der Waals surface area contributed by atoms with Gasteiger partial charge in [-0.1, -0.05) is 24.3 Å². The average molecular weight is 305 g/mol. The van der Waals surface area contributed by atoms with E-state index in [4.69, 9.17) is 0 Å². The van der Waals surface area contributed by atoms with E-state index in [1.54, 1.807) is 42.5 Å². The van der Waals surface area contributed by atoms with Crippen molar-refractivity contribution in [2.45, 2.75) is 0 Å². The first kappa shape index (κ1) is 13.3. The standard InChI is InChI=1S/C17H11N3O3/c21-11-7-5-10(6-8-11)9-14-15(22)19-17-18-13-4-2-1-3-12(13)16(23)20(14)17/h1-9,21H,(H,18,19,22)/b14-9-. The van der Waals surface area contributed by atoms with E-state index in [1.165, 1.54) is 16.5 Å². The Kier molecular flexibility index (Phi) is 2.77. The van der Waals surface area contributed by atoms with Crippen LogP contribution in [0.5, 0.6) is 5.75 Å². The Morgan fingerprint density at radius 3 is 2.57 bits per heavy atom. The van der Waals surface area contributed by atoms with Crippen molar-refractivity contribution < 1.29 is 5.11 Å². The third kappa shape index (κ3) is 2.08. The molecule has 2 aromatic carbocycles. The van der Waals surface area contributed by atoms with Crippen LogP contribution in [-0.4, -0.2) is 19.5 Å². The van der Waals surface area contributed by atoms with Crippen molar-refractivity contribution in [2.24, 2.45) is 0 Å². The second-order valence-corrected chi connectivity index (χ2v) is 5.17. The molecule has 0 radical (unpaired) electrons. The fraction of sp³-hybridized carbons (Fsp3) is 0. The van der Waals surface area contributed by atoms with Crippen LogP contribution in [-0.2, 0) is 0 Å². The lowest BCUT2D eigenvalue weighted by atomic mass is 10.2. The number of phenolic OH excluding ortho intramolecular Hbond substituents is 1. The second-order valence-electron chi connectivity index (χ2n) is 5.17. The van der Waals surface area contributed by atoms with Crippen LogP contribution in [0.2, 0.25) is 0 Å². The van der Waals surface area contributed by atoms with E-state index in [0.29, 0.717) is 16.5 Å². The van der Waals surface area contributed by atoms with Crippen LogP contribution in [0.1, 0.15) is 5.56 Å². The molecule has 0 aliphatic carbocycles. The molecule has 0 saturated carbocycles. The first-order chi connectivity index (χ1) is 11.1. The van der Waals surface area contributed by atoms with E-state index >= 15 is 0 Å². The quantitative estimate of drug-likeness (QED) is 0.544. The minimum absolute atomic E-state index is 0.133. The Balaban J connectivity index is 2.13. The lowest BCUT2D eigenvalue weighted by Crippen LogP contribution is -2.32. The third-order valence-corrected chi connectivity index (χ3v) is 3.67. The van der Waals surface area contributed by atoms with Crippen LogP contribution in [0, 0.1) is 0 Å². The molecule has 0 saturated heterocycles. The fourth-order valence-electron chi connectivity index (χ4n) is 2.57. The largest absolute Gasteiger partial charge is 0.508 e. The molecule has 112 valence electrons. The van der Waals surface area contributed by atoms with Crippen molar-refractivity contribution in [3.63, 3.8) is 0 Å². The molecule has 2 N–H and O–H groups in total. The maximum Gasteiger partial charge on any atom is 0.275 e. The number of nitrogens with one attached hydrogen (secondary N) is 1. The number of hydrogen-bond acceptors (Lipinski definition) is 4. The van der Waals surface area contributed by atoms with Crippen molar-refractivity contribution in [1.29, 1.82) is 0 Å². The minimum atomic E-state index is -0.391. The lowest BCUT2D eigenvalue weighted by Gasteiger charge is -1.98. The Bertz CT molecular complexity index is 1200. The van der Waals surface area contributed by atoms with Gasteiger partial charge in [-0.3, -0.25) is 14.6 Å². The molecule has 0 aliphatic heterocycles. The number of imidazole rings is 1. The van der Waals surface area contributed by atoms with Crippen molar-refractivity contribution in [3.05, 3.63) is 80.2 Å². The molecule has 2 aromatic heterocycles. The fourth-order valence-corrected chi connectivity index (χ4v) is 2.57. The summed E-state index contributed by atoms with van der Waals surface area (Å²) in [6.45, 7) is 0. The first-order valence-electron chi connectivity index (χ1n) is 6.98. The zero-order valence-corrected chi connectivity index (χ0v) is 11.9. The maximum absolute atomic E-state index is 12.7. The van der Waals surface area contributed by atoms with Gasteiger partial charge in [-0.25, -0.2) is 9.38 Å². The Morgan fingerprint density at radius 1 is 1.04 bits per heavy atom. The number of para-hydroxylation sites is 1. The summed E-state index contributed by atoms with van der Waals surface area (Å²) in [4.78, 5) is 31.8. The highest BCUT2D eigenvalue weighted by atomic mass is 16.3. The summed E-state index contributed by atoms with van der Waals surface area (Å²) >= 11 is 0. The van der Waals surface area contributed by atoms with E-state index in [1.807, 2.05) is 0 Å². The number of aromatic hydroxyl groups is 1. The molecule has 0 amide bonds. The number of fused-ring (bicyclic) bond motifs is 2. The molecule has 23 heavy (non-hydrogen) atoms. The molecular weight excluding hydrogens is 294 g/mol. The second kappa shape index (κ2) is 4.81. The van der Waals surface area contributed by atoms with Crippen LogP contribution < -0.4 is 16.5 Å². The van der Waals surface area contributed by atoms with Gasteiger partial charge in [0.2, 0.25) is 5.78 Å². The zero-order valence-electron chi connectivity index (χ0n) is 11.9. The van der Waals surface area contributed by atoms with Gasteiger partial charge in [-0.15, -0.1) is 0 Å². The topological polar surface area (TPSA) is 87.5 Å². The number of H-pyrrole nitrogens is 1. The monoisotopic (exact) mass is 305 g/mol. The number of hydrogen-bond donors (Lipinski definition) is 2. The molecule has 0 unspecified atom stereocenters. The van der Waals surface area contributed by atoms with Crippen molar-refractivity contribution in [2.75, 3.05) is 0 Å². The zero-order chi connectivity index (χ0) is 16.0. The summed E-state index contributed by atoms with van der Waals surface area (Å²) in [5, 5.41) is 9.98. The summed E-state index contributed by atoms with van der Waals surface area (Å²) in [5.74, 6) is 0.344. The van der Waals surface area contributed by atoms with Crippen LogP contribution in [0.25, 0.3) is 22.8 Å². The van der Waals surface area contributed by atoms with E-state index in [0.717, 1.165) is 0 Å². The minimum Gasteiger partial charge on any atom is -0.508 e. The summed E-state index contributed by atoms with van der Waals surface area (Å²) in [6.07, 6.45) is 1.59. The molecule has 2 heterocycles. The molecule has 0 fully saturated rings. The molecule has 6 nitrogen and oxygen atoms in total. The van der Waals surface area contributed by atoms with Gasteiger partial charge < -0.3 is 5.11 Å². The van der Waals surface area contributed by atoms with E-state index in [2.05, 4.69) is 9.97 Å². The molecule has 0 atom stereocenters. The number of nitrogens with zero attached hydrogens (tertiary/aromatic N) is 2. The Hall–Kier alpha value is -3.41. The predicted molar refractivity (Wildman–Crippen MR) is 86.5 cm³/mol. The van der Waals surface area contributed by atoms with Gasteiger partial charge in [-0.2, -0.15) is 0 Å². The SMILES string of the molecule is O=c1[nH]c2nc3ccccc3c(=O)n2/c1=C\c1ccc(O)cc1. The molecule has 0 aliphatic rings. The van der Waals surface area contributed by atoms with Gasteiger partial charge in [0.1, 0.15) is 11.1 Å². The summed E-state index contributed by atoms with van der Waals surface area (Å²) in [5.41, 5.74) is 0.544. The number of phenols is 1. The van der Waals surface area contributed by atoms with Gasteiger partial charge in [0.25, 0.3) is 11.1 Å². The first-order valence-corrected chi connectivity index (χ1v) is 6.98. The average Bonchev–Trinajstić information content (AvgIpc) is 2.86. The van der Waals surface area contributed by atoms with E-state index in [9.17, 15) is 14.7 Å². The van der Waals surface area contributed by atoms with Crippen LogP contribution >= 0.6 is 0 Å². The van der Waals surface area contributed by atoms with Crippen LogP contribution in [0.3, 0.4) is 0 Å². The summed E-state index contributed by atoms with van der Waals surface area (Å²) in [6, 6.07) is 13.3. The molecular formula is C17H11N3O3. The van der Waals surface area contributed by atoms with E-state index < -0.39 is 5.56 Å². The normalized spacial score (nSPS) is 12.3. The number of aromatic amines is 1. The molecule has 0 spiro atoms. The van der Waals surface area contributed by atoms with Crippen molar-refractivity contribution in [3.8, 4) is 5.75 Å². The summed E-state index contributed by atoms with van der Waals surface area (Å²) in [7, 11) is 0. The number of benzene rings is 2. The number of aromatic nitrogens is 3. The molecule has 4 rings (SSSR count). The maximum atomic E-state index is 12.7. The highest BCUT2D eigenvalue weighted by Gasteiger charge is 2.10. The molecule has 6 heteroatoms. The third-order valence-electron chi connectivity index (χ3n) is 3.67. The number of rotatable bonds is 1. The predicted octanol–water partition coefficient (Wildman–Crippen LogP) is 0.789. The highest BCUT2D eigenvalue weighted by Crippen LogP contribution is 2.10. The molecule has 4 aromatic rings. The van der Waals surface area contributed by atoms with E-state index in [-0.39, 0.29) is 22.4 Å². The summed E-state index contributed by atoms with van der Waals surface area (Å²) < 4.78 is 1.28. The van der Waals surface area contributed by atoms with Crippen molar-refractivity contribution in [1.82, 2.24) is 14.4 Å². The van der Waals surface area contributed by atoms with Gasteiger partial charge in [0.05, 0.1) is 10.9 Å². The highest BCUT2D eigenvalue weighted by molar-refractivity contribution is 5.79. The van der Waals surface area contributed by atoms with Gasteiger partial charge >= 0.3 is 0 Å². The smallest absolute Gasteiger partial charge is 0.275 e. The lowest BCUT2D eigenvalue weighted by molar-refractivity contribution is 0.475. The van der Waals surface area contributed by atoms with Crippen molar-refractivity contribution >= 4 is 22.8 Å². The van der Waals surface area contributed by atoms with Gasteiger partial charge in [0.15, 0.2) is 0 Å². The Labute approximate surface area is 129 Å². The van der Waals surface area contributed by atoms with Crippen LogP contribution in [0.15, 0.2) is 58.1 Å².